The monoisotopic (exact) mass is 644 g/mol. The largest absolute Gasteiger partial charge is 0.459 e. The molecule has 0 saturated heterocycles. The predicted octanol–water partition coefficient (Wildman–Crippen LogP) is 6.49. The summed E-state index contributed by atoms with van der Waals surface area (Å²) in [4.78, 5) is 35.9. The smallest absolute Gasteiger partial charge is 0.416 e. The summed E-state index contributed by atoms with van der Waals surface area (Å²) in [6.45, 7) is 9.87. The number of aromatic nitrogens is 2. The summed E-state index contributed by atoms with van der Waals surface area (Å²) in [5.74, 6) is -0.555. The number of benzene rings is 2. The first-order valence-corrected chi connectivity index (χ1v) is 16.3. The van der Waals surface area contributed by atoms with Crippen LogP contribution in [-0.2, 0) is 30.7 Å². The number of sulfonamides is 1. The van der Waals surface area contributed by atoms with Crippen LogP contribution in [0.5, 0.6) is 0 Å². The summed E-state index contributed by atoms with van der Waals surface area (Å²) in [5, 5.41) is 0. The Kier molecular flexibility index (Phi) is 10.6. The van der Waals surface area contributed by atoms with E-state index < -0.39 is 45.9 Å². The van der Waals surface area contributed by atoms with Gasteiger partial charge in [-0.15, -0.1) is 0 Å². The van der Waals surface area contributed by atoms with E-state index in [0.717, 1.165) is 21.6 Å². The number of esters is 1. The van der Waals surface area contributed by atoms with Crippen molar-refractivity contribution in [2.45, 2.75) is 70.1 Å². The maximum absolute atomic E-state index is 13.5. The van der Waals surface area contributed by atoms with Gasteiger partial charge in [0.25, 0.3) is 0 Å². The van der Waals surface area contributed by atoms with Crippen LogP contribution in [0, 0.1) is 0 Å². The summed E-state index contributed by atoms with van der Waals surface area (Å²) in [6.07, 6.45) is 2.20. The Morgan fingerprint density at radius 3 is 2.07 bits per heavy atom. The summed E-state index contributed by atoms with van der Waals surface area (Å²) < 4.78 is 40.8. The highest BCUT2D eigenvalue weighted by molar-refractivity contribution is 7.89. The molecule has 46 heavy (non-hydrogen) atoms. The topological polar surface area (TPSA) is 128 Å². The van der Waals surface area contributed by atoms with Crippen LogP contribution in [0.1, 0.15) is 58.8 Å². The number of carbonyl (C=O) groups is 2. The number of nitrogens with zero attached hydrogens (tertiary/aromatic N) is 3. The molecule has 0 spiro atoms. The van der Waals surface area contributed by atoms with Crippen LogP contribution in [0.3, 0.4) is 0 Å². The zero-order chi connectivity index (χ0) is 33.5. The van der Waals surface area contributed by atoms with Crippen molar-refractivity contribution < 1.29 is 27.5 Å². The van der Waals surface area contributed by atoms with Gasteiger partial charge < -0.3 is 9.47 Å². The molecule has 1 atom stereocenters. The normalized spacial score (nSPS) is 12.7. The van der Waals surface area contributed by atoms with Gasteiger partial charge in [-0.05, 0) is 88.9 Å². The molecule has 2 aromatic heterocycles. The molecular formula is C35H40N4O6S. The standard InChI is InChI=1S/C35H40N4O6S/c1-34(2,3)44-32(40)24-39(33(41)45-35(4,5)6)31-16-10-15-29(37-31)30(38-46(42,43)28-14-11-21-36-23-28)22-25-17-19-27(20-18-25)26-12-8-7-9-13-26/h7-21,23,30,38H,22,24H2,1-6H3. The molecule has 0 radical (unpaired) electrons. The lowest BCUT2D eigenvalue weighted by atomic mass is 9.99. The molecule has 4 rings (SSSR count). The Morgan fingerprint density at radius 1 is 0.804 bits per heavy atom. The average molecular weight is 645 g/mol. The van der Waals surface area contributed by atoms with Gasteiger partial charge in [-0.2, -0.15) is 0 Å². The Morgan fingerprint density at radius 2 is 1.46 bits per heavy atom. The second-order valence-corrected chi connectivity index (χ2v) is 14.4. The van der Waals surface area contributed by atoms with Crippen molar-refractivity contribution in [2.24, 2.45) is 0 Å². The van der Waals surface area contributed by atoms with Gasteiger partial charge >= 0.3 is 12.1 Å². The lowest BCUT2D eigenvalue weighted by Gasteiger charge is -2.28. The number of anilines is 1. The van der Waals surface area contributed by atoms with Crippen LogP contribution in [0.25, 0.3) is 11.1 Å². The second-order valence-electron chi connectivity index (χ2n) is 12.7. The number of pyridine rings is 2. The van der Waals surface area contributed by atoms with Crippen LogP contribution in [0.4, 0.5) is 10.6 Å². The zero-order valence-electron chi connectivity index (χ0n) is 26.9. The first kappa shape index (κ1) is 34.3. The van der Waals surface area contributed by atoms with Crippen LogP contribution in [0.2, 0.25) is 0 Å². The van der Waals surface area contributed by atoms with Gasteiger partial charge in [0, 0.05) is 12.4 Å². The van der Waals surface area contributed by atoms with E-state index in [0.29, 0.717) is 5.69 Å². The van der Waals surface area contributed by atoms with Crippen LogP contribution in [0.15, 0.2) is 102 Å². The van der Waals surface area contributed by atoms with Gasteiger partial charge in [-0.3, -0.25) is 14.7 Å². The molecule has 1 N–H and O–H groups in total. The average Bonchev–Trinajstić information content (AvgIpc) is 2.99. The molecule has 0 aliphatic rings. The highest BCUT2D eigenvalue weighted by Crippen LogP contribution is 2.26. The molecule has 10 nitrogen and oxygen atoms in total. The third-order valence-electron chi connectivity index (χ3n) is 6.45. The Labute approximate surface area is 270 Å². The van der Waals surface area contributed by atoms with E-state index in [9.17, 15) is 18.0 Å². The van der Waals surface area contributed by atoms with E-state index in [-0.39, 0.29) is 17.1 Å². The minimum absolute atomic E-state index is 0.00381. The lowest BCUT2D eigenvalue weighted by Crippen LogP contribution is -2.42. The summed E-state index contributed by atoms with van der Waals surface area (Å²) in [5.41, 5.74) is 1.63. The zero-order valence-corrected chi connectivity index (χ0v) is 27.7. The van der Waals surface area contributed by atoms with Gasteiger partial charge in [-0.25, -0.2) is 22.9 Å². The molecule has 1 amide bonds. The Hall–Kier alpha value is -4.61. The third kappa shape index (κ3) is 9.95. The van der Waals surface area contributed by atoms with Crippen LogP contribution in [-0.4, -0.2) is 48.2 Å². The van der Waals surface area contributed by atoms with E-state index in [1.807, 2.05) is 54.6 Å². The van der Waals surface area contributed by atoms with Gasteiger partial charge in [0.05, 0.1) is 11.7 Å². The molecule has 2 aromatic carbocycles. The van der Waals surface area contributed by atoms with E-state index in [4.69, 9.17) is 9.47 Å². The minimum Gasteiger partial charge on any atom is -0.459 e. The Bertz CT molecular complexity index is 1730. The van der Waals surface area contributed by atoms with Gasteiger partial charge in [0.1, 0.15) is 28.5 Å². The molecule has 2 heterocycles. The Balaban J connectivity index is 1.71. The van der Waals surface area contributed by atoms with E-state index in [1.165, 1.54) is 18.5 Å². The highest BCUT2D eigenvalue weighted by Gasteiger charge is 2.30. The number of ether oxygens (including phenoxy) is 2. The molecule has 0 fully saturated rings. The van der Waals surface area contributed by atoms with Crippen molar-refractivity contribution in [2.75, 3.05) is 11.4 Å². The molecule has 0 aliphatic heterocycles. The first-order chi connectivity index (χ1) is 21.6. The number of nitrogens with one attached hydrogen (secondary N) is 1. The number of carbonyl (C=O) groups excluding carboxylic acids is 2. The number of hydrogen-bond donors (Lipinski definition) is 1. The molecule has 4 aromatic rings. The molecule has 0 aliphatic carbocycles. The van der Waals surface area contributed by atoms with E-state index >= 15 is 0 Å². The van der Waals surface area contributed by atoms with Crippen molar-refractivity contribution in [1.82, 2.24) is 14.7 Å². The first-order valence-electron chi connectivity index (χ1n) is 14.9. The molecule has 242 valence electrons. The van der Waals surface area contributed by atoms with Crippen LogP contribution < -0.4 is 9.62 Å². The van der Waals surface area contributed by atoms with Crippen molar-refractivity contribution >= 4 is 27.9 Å². The van der Waals surface area contributed by atoms with Crippen molar-refractivity contribution in [3.8, 4) is 11.1 Å². The summed E-state index contributed by atoms with van der Waals surface area (Å²) in [6, 6.07) is 24.8. The molecular weight excluding hydrogens is 604 g/mol. The van der Waals surface area contributed by atoms with Gasteiger partial charge in [-0.1, -0.05) is 60.7 Å². The molecule has 1 unspecified atom stereocenters. The molecule has 11 heteroatoms. The fourth-order valence-electron chi connectivity index (χ4n) is 4.51. The highest BCUT2D eigenvalue weighted by atomic mass is 32.2. The predicted molar refractivity (Wildman–Crippen MR) is 177 cm³/mol. The SMILES string of the molecule is CC(C)(C)OC(=O)CN(C(=O)OC(C)(C)C)c1cccc(C(Cc2ccc(-c3ccccc3)cc2)NS(=O)(=O)c2cccnc2)n1. The van der Waals surface area contributed by atoms with E-state index in [1.54, 1.807) is 65.8 Å². The third-order valence-corrected chi connectivity index (χ3v) is 7.91. The van der Waals surface area contributed by atoms with Crippen molar-refractivity contribution in [3.05, 3.63) is 109 Å². The molecule has 0 saturated carbocycles. The van der Waals surface area contributed by atoms with E-state index in [2.05, 4.69) is 14.7 Å². The number of rotatable bonds is 10. The maximum atomic E-state index is 13.5. The summed E-state index contributed by atoms with van der Waals surface area (Å²) in [7, 11) is -4.02. The second kappa shape index (κ2) is 14.2. The lowest BCUT2D eigenvalue weighted by molar-refractivity contribution is -0.153. The fourth-order valence-corrected chi connectivity index (χ4v) is 5.68. The van der Waals surface area contributed by atoms with Crippen LogP contribution >= 0.6 is 0 Å². The molecule has 0 bridgehead atoms. The van der Waals surface area contributed by atoms with Crippen molar-refractivity contribution in [1.29, 1.82) is 0 Å². The number of hydrogen-bond acceptors (Lipinski definition) is 8. The quantitative estimate of drug-likeness (QED) is 0.194. The maximum Gasteiger partial charge on any atom is 0.416 e. The van der Waals surface area contributed by atoms with Crippen molar-refractivity contribution in [3.63, 3.8) is 0 Å². The fraction of sp³-hybridized carbons (Fsp3) is 0.314. The van der Waals surface area contributed by atoms with Gasteiger partial charge in [0.15, 0.2) is 0 Å². The summed E-state index contributed by atoms with van der Waals surface area (Å²) >= 11 is 0. The minimum atomic E-state index is -4.02. The van der Waals surface area contributed by atoms with Gasteiger partial charge in [0.2, 0.25) is 10.0 Å². The number of amides is 1.